The molecule has 0 radical (unpaired) electrons. The third kappa shape index (κ3) is 7.47. The van der Waals surface area contributed by atoms with Crippen LogP contribution in [-0.2, 0) is 13.0 Å². The Morgan fingerprint density at radius 2 is 2.03 bits per heavy atom. The molecule has 1 aliphatic heterocycles. The Bertz CT molecular complexity index is 809. The first-order chi connectivity index (χ1) is 15.0. The predicted molar refractivity (Wildman–Crippen MR) is 121 cm³/mol. The van der Waals surface area contributed by atoms with Gasteiger partial charge in [0.25, 0.3) is 0 Å². The highest BCUT2D eigenvalue weighted by molar-refractivity contribution is 5.43. The van der Waals surface area contributed by atoms with Gasteiger partial charge in [0, 0.05) is 51.0 Å². The topological polar surface area (TPSA) is 87.1 Å². The second-order valence-corrected chi connectivity index (χ2v) is 8.18. The quantitative estimate of drug-likeness (QED) is 0.471. The van der Waals surface area contributed by atoms with Crippen LogP contribution in [0.25, 0.3) is 0 Å². The Morgan fingerprint density at radius 1 is 1.23 bits per heavy atom. The van der Waals surface area contributed by atoms with Crippen LogP contribution in [0.2, 0.25) is 0 Å². The van der Waals surface area contributed by atoms with Gasteiger partial charge in [-0.3, -0.25) is 4.98 Å². The van der Waals surface area contributed by atoms with E-state index < -0.39 is 6.10 Å². The van der Waals surface area contributed by atoms with Crippen LogP contribution in [0.4, 0.5) is 0 Å². The molecule has 1 aliphatic rings. The Labute approximate surface area is 185 Å². The number of aliphatic hydroxyl groups is 2. The van der Waals surface area contributed by atoms with Crippen LogP contribution in [0.15, 0.2) is 36.5 Å². The minimum absolute atomic E-state index is 0.205. The molecule has 1 aromatic heterocycles. The summed E-state index contributed by atoms with van der Waals surface area (Å²) in [4.78, 5) is 6.59. The average Bonchev–Trinajstić information content (AvgIpc) is 2.78. The van der Waals surface area contributed by atoms with Gasteiger partial charge < -0.3 is 29.9 Å². The van der Waals surface area contributed by atoms with E-state index in [1.54, 1.807) is 7.11 Å². The number of aromatic nitrogens is 1. The van der Waals surface area contributed by atoms with Gasteiger partial charge in [-0.05, 0) is 49.1 Å². The number of β-amino-alcohol motifs (C(OH)–C–C–N with tert-alkyl or cyclic N) is 1. The lowest BCUT2D eigenvalue weighted by Crippen LogP contribution is -2.41. The predicted octanol–water partition coefficient (Wildman–Crippen LogP) is 1.93. The van der Waals surface area contributed by atoms with Crippen LogP contribution in [0, 0.1) is 6.92 Å². The van der Waals surface area contributed by atoms with E-state index in [0.29, 0.717) is 18.0 Å². The number of nitrogens with one attached hydrogen (secondary N) is 1. The minimum Gasteiger partial charge on any atom is -0.493 e. The van der Waals surface area contributed by atoms with E-state index in [4.69, 9.17) is 9.47 Å². The van der Waals surface area contributed by atoms with Gasteiger partial charge in [-0.2, -0.15) is 0 Å². The second kappa shape index (κ2) is 12.0. The van der Waals surface area contributed by atoms with E-state index in [2.05, 4.69) is 28.2 Å². The molecule has 3 N–H and O–H groups in total. The van der Waals surface area contributed by atoms with Crippen molar-refractivity contribution >= 4 is 0 Å². The van der Waals surface area contributed by atoms with Gasteiger partial charge >= 0.3 is 0 Å². The number of ether oxygens (including phenoxy) is 2. The largest absolute Gasteiger partial charge is 0.493 e. The van der Waals surface area contributed by atoms with Gasteiger partial charge in [0.05, 0.1) is 13.2 Å². The number of aryl methyl sites for hydroxylation is 1. The highest BCUT2D eigenvalue weighted by Gasteiger charge is 2.20. The number of hydrogen-bond acceptors (Lipinski definition) is 7. The first kappa shape index (κ1) is 23.5. The molecule has 7 nitrogen and oxygen atoms in total. The molecule has 1 saturated heterocycles. The van der Waals surface area contributed by atoms with E-state index in [1.165, 1.54) is 5.56 Å². The van der Waals surface area contributed by atoms with Crippen molar-refractivity contribution in [2.75, 3.05) is 39.9 Å². The fraction of sp³-hybridized carbons (Fsp3) is 0.542. The summed E-state index contributed by atoms with van der Waals surface area (Å²) in [5.74, 6) is 1.29. The van der Waals surface area contributed by atoms with Gasteiger partial charge in [0.1, 0.15) is 12.7 Å². The van der Waals surface area contributed by atoms with Crippen molar-refractivity contribution in [3.8, 4) is 11.5 Å². The molecule has 2 aromatic rings. The molecule has 0 spiro atoms. The molecule has 2 heterocycles. The maximum Gasteiger partial charge on any atom is 0.161 e. The molecule has 0 amide bonds. The standard InChI is InChI=1S/C24H35N3O4/c1-18-4-3-10-26-22(18)7-11-25-15-19-5-6-23(24(14-19)30-2)31-17-21(29)16-27-12-8-20(28)9-13-27/h3-6,10,14,20-21,25,28-29H,7-9,11-13,15-17H2,1-2H3/t21-/m0/s1. The average molecular weight is 430 g/mol. The summed E-state index contributed by atoms with van der Waals surface area (Å²) in [6.07, 6.45) is 3.45. The van der Waals surface area contributed by atoms with E-state index in [-0.39, 0.29) is 12.7 Å². The van der Waals surface area contributed by atoms with Crippen LogP contribution >= 0.6 is 0 Å². The number of piperidine rings is 1. The molecule has 31 heavy (non-hydrogen) atoms. The number of pyridine rings is 1. The lowest BCUT2D eigenvalue weighted by Gasteiger charge is -2.30. The number of nitrogens with zero attached hydrogens (tertiary/aromatic N) is 2. The first-order valence-corrected chi connectivity index (χ1v) is 11.0. The fourth-order valence-corrected chi connectivity index (χ4v) is 3.80. The van der Waals surface area contributed by atoms with Crippen LogP contribution in [0.5, 0.6) is 11.5 Å². The normalized spacial score (nSPS) is 16.3. The summed E-state index contributed by atoms with van der Waals surface area (Å²) < 4.78 is 11.3. The zero-order valence-electron chi connectivity index (χ0n) is 18.6. The number of rotatable bonds is 11. The summed E-state index contributed by atoms with van der Waals surface area (Å²) in [6, 6.07) is 9.91. The minimum atomic E-state index is -0.587. The van der Waals surface area contributed by atoms with E-state index in [9.17, 15) is 10.2 Å². The van der Waals surface area contributed by atoms with Gasteiger partial charge in [-0.15, -0.1) is 0 Å². The fourth-order valence-electron chi connectivity index (χ4n) is 3.80. The highest BCUT2D eigenvalue weighted by atomic mass is 16.5. The van der Waals surface area contributed by atoms with Crippen molar-refractivity contribution in [1.29, 1.82) is 0 Å². The zero-order valence-corrected chi connectivity index (χ0v) is 18.6. The molecular weight excluding hydrogens is 394 g/mol. The monoisotopic (exact) mass is 429 g/mol. The lowest BCUT2D eigenvalue weighted by molar-refractivity contribution is 0.0333. The van der Waals surface area contributed by atoms with Crippen LogP contribution < -0.4 is 14.8 Å². The summed E-state index contributed by atoms with van der Waals surface area (Å²) in [5.41, 5.74) is 3.44. The molecule has 3 rings (SSSR count). The molecule has 0 saturated carbocycles. The Kier molecular flexibility index (Phi) is 9.09. The Hall–Kier alpha value is -2.19. The Balaban J connectivity index is 1.43. The number of methoxy groups -OCH3 is 1. The molecule has 0 unspecified atom stereocenters. The zero-order chi connectivity index (χ0) is 22.1. The number of hydrogen-bond donors (Lipinski definition) is 3. The second-order valence-electron chi connectivity index (χ2n) is 8.18. The molecule has 7 heteroatoms. The van der Waals surface area contributed by atoms with Crippen molar-refractivity contribution < 1.29 is 19.7 Å². The number of likely N-dealkylation sites (tertiary alicyclic amines) is 1. The van der Waals surface area contributed by atoms with Gasteiger partial charge in [-0.1, -0.05) is 12.1 Å². The smallest absolute Gasteiger partial charge is 0.161 e. The van der Waals surface area contributed by atoms with Crippen LogP contribution in [0.1, 0.15) is 29.7 Å². The van der Waals surface area contributed by atoms with Crippen LogP contribution in [-0.4, -0.2) is 72.2 Å². The van der Waals surface area contributed by atoms with Gasteiger partial charge in [0.15, 0.2) is 11.5 Å². The maximum atomic E-state index is 10.3. The summed E-state index contributed by atoms with van der Waals surface area (Å²) in [7, 11) is 1.62. The number of benzene rings is 1. The van der Waals surface area contributed by atoms with Crippen molar-refractivity contribution in [2.24, 2.45) is 0 Å². The third-order valence-corrected chi connectivity index (χ3v) is 5.67. The van der Waals surface area contributed by atoms with Crippen LogP contribution in [0.3, 0.4) is 0 Å². The lowest BCUT2D eigenvalue weighted by atomic mass is 10.1. The molecule has 1 aromatic carbocycles. The maximum absolute atomic E-state index is 10.3. The summed E-state index contributed by atoms with van der Waals surface area (Å²) >= 11 is 0. The molecule has 170 valence electrons. The molecule has 1 atom stereocenters. The van der Waals surface area contributed by atoms with E-state index in [0.717, 1.165) is 56.7 Å². The number of aliphatic hydroxyl groups excluding tert-OH is 2. The summed E-state index contributed by atoms with van der Waals surface area (Å²) in [6.45, 7) is 6.03. The van der Waals surface area contributed by atoms with Crippen molar-refractivity contribution in [3.05, 3.63) is 53.3 Å². The third-order valence-electron chi connectivity index (χ3n) is 5.67. The van der Waals surface area contributed by atoms with E-state index >= 15 is 0 Å². The molecular formula is C24H35N3O4. The van der Waals surface area contributed by atoms with Gasteiger partial charge in [0.2, 0.25) is 0 Å². The van der Waals surface area contributed by atoms with E-state index in [1.807, 2.05) is 30.5 Å². The van der Waals surface area contributed by atoms with Gasteiger partial charge in [-0.25, -0.2) is 0 Å². The van der Waals surface area contributed by atoms with Crippen molar-refractivity contribution in [2.45, 2.75) is 44.9 Å². The molecule has 0 bridgehead atoms. The Morgan fingerprint density at radius 3 is 2.77 bits per heavy atom. The van der Waals surface area contributed by atoms with Crippen molar-refractivity contribution in [3.63, 3.8) is 0 Å². The molecule has 0 aliphatic carbocycles. The SMILES string of the molecule is COc1cc(CNCCc2ncccc2C)ccc1OC[C@@H](O)CN1CCC(O)CC1. The first-order valence-electron chi connectivity index (χ1n) is 11.0. The molecule has 1 fully saturated rings. The summed E-state index contributed by atoms with van der Waals surface area (Å²) in [5, 5.41) is 23.4. The highest BCUT2D eigenvalue weighted by Crippen LogP contribution is 2.28. The van der Waals surface area contributed by atoms with Crippen molar-refractivity contribution in [1.82, 2.24) is 15.2 Å².